The molecule has 0 aromatic heterocycles. The van der Waals surface area contributed by atoms with E-state index < -0.39 is 0 Å². The van der Waals surface area contributed by atoms with Gasteiger partial charge in [-0.3, -0.25) is 9.91 Å². The molecular formula is C21H24FN3O. The summed E-state index contributed by atoms with van der Waals surface area (Å²) in [5.41, 5.74) is 2.12. The molecule has 2 amide bonds. The summed E-state index contributed by atoms with van der Waals surface area (Å²) in [6.45, 7) is 3.17. The summed E-state index contributed by atoms with van der Waals surface area (Å²) in [6, 6.07) is 16.7. The van der Waals surface area contributed by atoms with Crippen LogP contribution in [0, 0.1) is 11.7 Å². The third-order valence-electron chi connectivity index (χ3n) is 5.33. The van der Waals surface area contributed by atoms with Gasteiger partial charge in [0, 0.05) is 25.3 Å². The number of carbonyl (C=O) groups is 1. The van der Waals surface area contributed by atoms with Crippen molar-refractivity contribution < 1.29 is 9.18 Å². The van der Waals surface area contributed by atoms with E-state index in [2.05, 4.69) is 29.3 Å². The number of hydrogen-bond acceptors (Lipinski definition) is 2. The molecule has 5 heteroatoms. The van der Waals surface area contributed by atoms with Gasteiger partial charge in [0.05, 0.1) is 6.54 Å². The van der Waals surface area contributed by atoms with Crippen LogP contribution in [0.3, 0.4) is 0 Å². The number of hydrazine groups is 1. The Morgan fingerprint density at radius 1 is 0.962 bits per heavy atom. The van der Waals surface area contributed by atoms with Gasteiger partial charge in [0.2, 0.25) is 0 Å². The van der Waals surface area contributed by atoms with Gasteiger partial charge < -0.3 is 0 Å². The average Bonchev–Trinajstić information content (AvgIpc) is 3.05. The summed E-state index contributed by atoms with van der Waals surface area (Å²) in [5.74, 6) is 0.288. The van der Waals surface area contributed by atoms with E-state index >= 15 is 0 Å². The van der Waals surface area contributed by atoms with Gasteiger partial charge in [0.25, 0.3) is 0 Å². The number of urea groups is 1. The molecule has 0 radical (unpaired) electrons. The van der Waals surface area contributed by atoms with E-state index in [4.69, 9.17) is 0 Å². The number of amides is 2. The molecule has 26 heavy (non-hydrogen) atoms. The average molecular weight is 353 g/mol. The topological polar surface area (TPSA) is 26.8 Å². The van der Waals surface area contributed by atoms with Crippen molar-refractivity contribution in [1.29, 1.82) is 0 Å². The molecule has 2 saturated heterocycles. The smallest absolute Gasteiger partial charge is 0.291 e. The zero-order valence-electron chi connectivity index (χ0n) is 14.9. The van der Waals surface area contributed by atoms with Crippen LogP contribution in [-0.4, -0.2) is 42.2 Å². The van der Waals surface area contributed by atoms with Crippen molar-refractivity contribution in [2.24, 2.45) is 5.92 Å². The first-order valence-electron chi connectivity index (χ1n) is 9.34. The molecule has 0 unspecified atom stereocenters. The predicted molar refractivity (Wildman–Crippen MR) is 100 cm³/mol. The maximum atomic E-state index is 13.1. The van der Waals surface area contributed by atoms with E-state index in [1.54, 1.807) is 17.0 Å². The molecule has 0 spiro atoms. The first-order chi connectivity index (χ1) is 12.7. The Hall–Kier alpha value is -2.40. The highest BCUT2D eigenvalue weighted by atomic mass is 19.1. The Balaban J connectivity index is 1.41. The molecule has 136 valence electrons. The van der Waals surface area contributed by atoms with Crippen LogP contribution in [0.5, 0.6) is 0 Å². The number of benzene rings is 2. The quantitative estimate of drug-likeness (QED) is 0.832. The number of hydrogen-bond donors (Lipinski definition) is 0. The highest BCUT2D eigenvalue weighted by Crippen LogP contribution is 2.26. The maximum absolute atomic E-state index is 13.1. The Labute approximate surface area is 153 Å². The lowest BCUT2D eigenvalue weighted by Crippen LogP contribution is -2.50. The minimum absolute atomic E-state index is 0.00281. The summed E-state index contributed by atoms with van der Waals surface area (Å²) in [4.78, 5) is 14.6. The monoisotopic (exact) mass is 353 g/mol. The van der Waals surface area contributed by atoms with E-state index in [0.29, 0.717) is 19.0 Å². The van der Waals surface area contributed by atoms with Crippen LogP contribution in [0.1, 0.15) is 18.4 Å². The SMILES string of the molecule is O=C1N(c2ccc(F)cc2)CCN1N1CCC[C@@H](Cc2ccccc2)C1. The fraction of sp³-hybridized carbons (Fsp3) is 0.381. The van der Waals surface area contributed by atoms with Crippen molar-refractivity contribution in [2.75, 3.05) is 31.1 Å². The second-order valence-corrected chi connectivity index (χ2v) is 7.14. The molecule has 1 atom stereocenters. The van der Waals surface area contributed by atoms with Gasteiger partial charge in [-0.25, -0.2) is 14.2 Å². The van der Waals surface area contributed by atoms with Crippen molar-refractivity contribution in [3.05, 3.63) is 66.0 Å². The molecule has 0 bridgehead atoms. The predicted octanol–water partition coefficient (Wildman–Crippen LogP) is 3.94. The van der Waals surface area contributed by atoms with Crippen LogP contribution in [0.15, 0.2) is 54.6 Å². The number of anilines is 1. The third-order valence-corrected chi connectivity index (χ3v) is 5.33. The van der Waals surface area contributed by atoms with Gasteiger partial charge in [0.15, 0.2) is 0 Å². The normalized spacial score (nSPS) is 21.4. The Morgan fingerprint density at radius 3 is 2.50 bits per heavy atom. The molecule has 0 N–H and O–H groups in total. The summed E-state index contributed by atoms with van der Waals surface area (Å²) in [6.07, 6.45) is 3.37. The van der Waals surface area contributed by atoms with E-state index in [0.717, 1.165) is 31.6 Å². The van der Waals surface area contributed by atoms with Crippen LogP contribution in [0.25, 0.3) is 0 Å². The molecule has 2 aliphatic rings. The molecule has 4 nitrogen and oxygen atoms in total. The van der Waals surface area contributed by atoms with Crippen molar-refractivity contribution in [3.8, 4) is 0 Å². The van der Waals surface area contributed by atoms with E-state index in [9.17, 15) is 9.18 Å². The first kappa shape index (κ1) is 17.0. The zero-order valence-corrected chi connectivity index (χ0v) is 14.9. The van der Waals surface area contributed by atoms with Gasteiger partial charge in [-0.05, 0) is 55.0 Å². The van der Waals surface area contributed by atoms with Crippen molar-refractivity contribution in [3.63, 3.8) is 0 Å². The lowest BCUT2D eigenvalue weighted by molar-refractivity contribution is -0.00402. The summed E-state index contributed by atoms with van der Waals surface area (Å²) in [5, 5.41) is 4.09. The van der Waals surface area contributed by atoms with Gasteiger partial charge in [0.1, 0.15) is 5.82 Å². The van der Waals surface area contributed by atoms with Crippen molar-refractivity contribution in [2.45, 2.75) is 19.3 Å². The minimum atomic E-state index is -0.281. The second kappa shape index (κ2) is 7.46. The van der Waals surface area contributed by atoms with Crippen LogP contribution < -0.4 is 4.90 Å². The lowest BCUT2D eigenvalue weighted by atomic mass is 9.92. The summed E-state index contributed by atoms with van der Waals surface area (Å²) < 4.78 is 13.1. The molecule has 0 aliphatic carbocycles. The van der Waals surface area contributed by atoms with E-state index in [1.807, 2.05) is 11.1 Å². The maximum Gasteiger partial charge on any atom is 0.339 e. The van der Waals surface area contributed by atoms with Crippen LogP contribution >= 0.6 is 0 Å². The molecule has 2 aromatic carbocycles. The number of rotatable bonds is 4. The number of nitrogens with zero attached hydrogens (tertiary/aromatic N) is 3. The van der Waals surface area contributed by atoms with Crippen LogP contribution in [0.4, 0.5) is 14.9 Å². The van der Waals surface area contributed by atoms with Crippen LogP contribution in [-0.2, 0) is 6.42 Å². The Morgan fingerprint density at radius 2 is 1.73 bits per heavy atom. The summed E-state index contributed by atoms with van der Waals surface area (Å²) in [7, 11) is 0. The summed E-state index contributed by atoms with van der Waals surface area (Å²) >= 11 is 0. The zero-order chi connectivity index (χ0) is 17.9. The number of piperidine rings is 1. The van der Waals surface area contributed by atoms with E-state index in [1.165, 1.54) is 24.1 Å². The van der Waals surface area contributed by atoms with Crippen molar-refractivity contribution >= 4 is 11.7 Å². The largest absolute Gasteiger partial charge is 0.339 e. The fourth-order valence-electron chi connectivity index (χ4n) is 4.02. The molecular weight excluding hydrogens is 329 g/mol. The number of halogens is 1. The highest BCUT2D eigenvalue weighted by Gasteiger charge is 2.35. The second-order valence-electron chi connectivity index (χ2n) is 7.14. The van der Waals surface area contributed by atoms with Gasteiger partial charge in [-0.1, -0.05) is 30.3 Å². The molecule has 4 rings (SSSR count). The van der Waals surface area contributed by atoms with Gasteiger partial charge in [-0.15, -0.1) is 0 Å². The first-order valence-corrected chi connectivity index (χ1v) is 9.34. The standard InChI is InChI=1S/C21H24FN3O/c22-19-8-10-20(11-9-19)24-13-14-25(21(24)26)23-12-4-7-18(16-23)15-17-5-2-1-3-6-17/h1-3,5-6,8-11,18H,4,7,12-16H2/t18-/m0/s1. The van der Waals surface area contributed by atoms with E-state index in [-0.39, 0.29) is 11.8 Å². The lowest BCUT2D eigenvalue weighted by Gasteiger charge is -2.38. The van der Waals surface area contributed by atoms with Crippen LogP contribution in [0.2, 0.25) is 0 Å². The van der Waals surface area contributed by atoms with Crippen molar-refractivity contribution in [1.82, 2.24) is 10.0 Å². The van der Waals surface area contributed by atoms with Gasteiger partial charge in [-0.2, -0.15) is 0 Å². The molecule has 2 heterocycles. The third kappa shape index (κ3) is 3.58. The molecule has 2 aromatic rings. The molecule has 2 fully saturated rings. The Kier molecular flexibility index (Phi) is 4.89. The van der Waals surface area contributed by atoms with Gasteiger partial charge >= 0.3 is 6.03 Å². The highest BCUT2D eigenvalue weighted by molar-refractivity contribution is 5.93. The number of carbonyl (C=O) groups excluding carboxylic acids is 1. The minimum Gasteiger partial charge on any atom is -0.291 e. The molecule has 0 saturated carbocycles. The Bertz CT molecular complexity index is 750. The molecule has 2 aliphatic heterocycles. The fourth-order valence-corrected chi connectivity index (χ4v) is 4.02.